The van der Waals surface area contributed by atoms with Gasteiger partial charge in [-0.25, -0.2) is 9.97 Å². The number of piperidine rings is 1. The Kier molecular flexibility index (Phi) is 6.21. The summed E-state index contributed by atoms with van der Waals surface area (Å²) in [5.41, 5.74) is 1.81. The molecule has 2 heterocycles. The molecule has 0 radical (unpaired) electrons. The van der Waals surface area contributed by atoms with Gasteiger partial charge in [0.25, 0.3) is 5.91 Å². The Morgan fingerprint density at radius 3 is 2.50 bits per heavy atom. The number of anilines is 1. The van der Waals surface area contributed by atoms with Gasteiger partial charge in [-0.05, 0) is 36.7 Å². The summed E-state index contributed by atoms with van der Waals surface area (Å²) < 4.78 is 0. The lowest BCUT2D eigenvalue weighted by molar-refractivity contribution is 0.0684. The number of benzene rings is 1. The number of carbonyl (C=O) groups excluding carboxylic acids is 1. The molecule has 0 spiro atoms. The van der Waals surface area contributed by atoms with Crippen molar-refractivity contribution in [3.8, 4) is 0 Å². The van der Waals surface area contributed by atoms with Crippen LogP contribution in [0.25, 0.3) is 0 Å². The molecule has 1 saturated heterocycles. The van der Waals surface area contributed by atoms with E-state index < -0.39 is 0 Å². The van der Waals surface area contributed by atoms with Crippen LogP contribution in [0.4, 0.5) is 5.82 Å². The normalized spacial score (nSPS) is 15.3. The summed E-state index contributed by atoms with van der Waals surface area (Å²) in [6.07, 6.45) is 6.42. The monoisotopic (exact) mass is 352 g/mol. The fourth-order valence-electron chi connectivity index (χ4n) is 3.29. The lowest BCUT2D eigenvalue weighted by atomic mass is 9.90. The first-order valence-electron chi connectivity index (χ1n) is 9.51. The molecule has 5 heteroatoms. The second kappa shape index (κ2) is 8.79. The van der Waals surface area contributed by atoms with E-state index in [2.05, 4.69) is 59.5 Å². The maximum Gasteiger partial charge on any atom is 0.274 e. The highest BCUT2D eigenvalue weighted by atomic mass is 16.2. The van der Waals surface area contributed by atoms with Crippen molar-refractivity contribution in [3.63, 3.8) is 0 Å². The highest BCUT2D eigenvalue weighted by Gasteiger charge is 2.24. The number of hydrogen-bond acceptors (Lipinski definition) is 4. The summed E-state index contributed by atoms with van der Waals surface area (Å²) in [6.45, 7) is 6.72. The molecule has 0 aliphatic carbocycles. The molecule has 0 saturated carbocycles. The minimum Gasteiger partial charge on any atom is -0.369 e. The number of rotatable bonds is 6. The lowest BCUT2D eigenvalue weighted by Crippen LogP contribution is -2.39. The second-order valence-corrected chi connectivity index (χ2v) is 7.49. The topological polar surface area (TPSA) is 58.1 Å². The highest BCUT2D eigenvalue weighted by molar-refractivity contribution is 5.92. The molecular weight excluding hydrogens is 324 g/mol. The lowest BCUT2D eigenvalue weighted by Gasteiger charge is -2.31. The van der Waals surface area contributed by atoms with Gasteiger partial charge in [0.15, 0.2) is 0 Å². The zero-order valence-corrected chi connectivity index (χ0v) is 15.7. The van der Waals surface area contributed by atoms with Gasteiger partial charge >= 0.3 is 0 Å². The van der Waals surface area contributed by atoms with Crippen molar-refractivity contribution in [1.29, 1.82) is 0 Å². The first-order chi connectivity index (χ1) is 12.6. The molecular formula is C21H28N4O. The Hall–Kier alpha value is -2.43. The smallest absolute Gasteiger partial charge is 0.274 e. The van der Waals surface area contributed by atoms with Crippen LogP contribution in [0.1, 0.15) is 42.7 Å². The molecule has 1 aliphatic heterocycles. The quantitative estimate of drug-likeness (QED) is 0.862. The van der Waals surface area contributed by atoms with Crippen molar-refractivity contribution in [1.82, 2.24) is 14.9 Å². The maximum atomic E-state index is 12.6. The molecule has 1 amide bonds. The molecule has 1 aromatic heterocycles. The molecule has 0 unspecified atom stereocenters. The van der Waals surface area contributed by atoms with Crippen LogP contribution < -0.4 is 5.32 Å². The predicted octanol–water partition coefficient (Wildman–Crippen LogP) is 3.64. The van der Waals surface area contributed by atoms with Crippen molar-refractivity contribution in [2.75, 3.05) is 25.0 Å². The standard InChI is InChI=1S/C21H28N4O/c1-16(2)13-23-20-15-22-19(14-24-20)21(26)25-10-8-18(9-11-25)12-17-6-4-3-5-7-17/h3-7,14-16,18H,8-13H2,1-2H3,(H,23,24). The molecule has 3 rings (SSSR count). The van der Waals surface area contributed by atoms with Gasteiger partial charge in [0.1, 0.15) is 11.5 Å². The Balaban J connectivity index is 1.50. The fraction of sp³-hybridized carbons (Fsp3) is 0.476. The van der Waals surface area contributed by atoms with Crippen LogP contribution in [0.3, 0.4) is 0 Å². The first kappa shape index (κ1) is 18.4. The summed E-state index contributed by atoms with van der Waals surface area (Å²) in [4.78, 5) is 23.2. The van der Waals surface area contributed by atoms with Crippen molar-refractivity contribution in [2.24, 2.45) is 11.8 Å². The molecule has 1 aromatic carbocycles. The van der Waals surface area contributed by atoms with Crippen molar-refractivity contribution >= 4 is 11.7 Å². The van der Waals surface area contributed by atoms with Crippen LogP contribution in [0.5, 0.6) is 0 Å². The number of carbonyl (C=O) groups is 1. The Morgan fingerprint density at radius 1 is 1.15 bits per heavy atom. The number of amides is 1. The van der Waals surface area contributed by atoms with Crippen molar-refractivity contribution in [2.45, 2.75) is 33.1 Å². The van der Waals surface area contributed by atoms with Gasteiger partial charge in [-0.2, -0.15) is 0 Å². The highest BCUT2D eigenvalue weighted by Crippen LogP contribution is 2.22. The number of nitrogens with one attached hydrogen (secondary N) is 1. The number of hydrogen-bond donors (Lipinski definition) is 1. The molecule has 1 fully saturated rings. The molecule has 0 atom stereocenters. The third-order valence-electron chi connectivity index (χ3n) is 4.83. The van der Waals surface area contributed by atoms with Crippen LogP contribution in [0.15, 0.2) is 42.7 Å². The van der Waals surface area contributed by atoms with Gasteiger partial charge in [0.05, 0.1) is 12.4 Å². The Labute approximate surface area is 155 Å². The summed E-state index contributed by atoms with van der Waals surface area (Å²) in [5, 5.41) is 3.22. The second-order valence-electron chi connectivity index (χ2n) is 7.49. The maximum absolute atomic E-state index is 12.6. The molecule has 1 N–H and O–H groups in total. The summed E-state index contributed by atoms with van der Waals surface area (Å²) >= 11 is 0. The number of nitrogens with zero attached hydrogens (tertiary/aromatic N) is 3. The molecule has 26 heavy (non-hydrogen) atoms. The third-order valence-corrected chi connectivity index (χ3v) is 4.83. The van der Waals surface area contributed by atoms with E-state index in [-0.39, 0.29) is 5.91 Å². The summed E-state index contributed by atoms with van der Waals surface area (Å²) in [7, 11) is 0. The zero-order chi connectivity index (χ0) is 18.4. The molecule has 0 bridgehead atoms. The third kappa shape index (κ3) is 5.04. The van der Waals surface area contributed by atoms with E-state index in [0.29, 0.717) is 17.5 Å². The van der Waals surface area contributed by atoms with E-state index >= 15 is 0 Å². The number of aromatic nitrogens is 2. The van der Waals surface area contributed by atoms with Gasteiger partial charge in [0.2, 0.25) is 0 Å². The van der Waals surface area contributed by atoms with Crippen LogP contribution in [-0.2, 0) is 6.42 Å². The summed E-state index contributed by atoms with van der Waals surface area (Å²) in [6, 6.07) is 10.6. The van der Waals surface area contributed by atoms with Crippen LogP contribution in [0, 0.1) is 11.8 Å². The van der Waals surface area contributed by atoms with Crippen LogP contribution in [-0.4, -0.2) is 40.4 Å². The fourth-order valence-corrected chi connectivity index (χ4v) is 3.29. The molecule has 2 aromatic rings. The van der Waals surface area contributed by atoms with Gasteiger partial charge in [-0.1, -0.05) is 44.2 Å². The Bertz CT molecular complexity index is 692. The average molecular weight is 352 g/mol. The van der Waals surface area contributed by atoms with Gasteiger partial charge in [0, 0.05) is 19.6 Å². The van der Waals surface area contributed by atoms with Gasteiger partial charge < -0.3 is 10.2 Å². The van der Waals surface area contributed by atoms with Gasteiger partial charge in [-0.15, -0.1) is 0 Å². The predicted molar refractivity (Wildman–Crippen MR) is 104 cm³/mol. The summed E-state index contributed by atoms with van der Waals surface area (Å²) in [5.74, 6) is 1.90. The van der Waals surface area contributed by atoms with Gasteiger partial charge in [-0.3, -0.25) is 4.79 Å². The molecule has 1 aliphatic rings. The average Bonchev–Trinajstić information content (AvgIpc) is 2.68. The Morgan fingerprint density at radius 2 is 1.88 bits per heavy atom. The number of likely N-dealkylation sites (tertiary alicyclic amines) is 1. The van der Waals surface area contributed by atoms with E-state index in [1.54, 1.807) is 12.4 Å². The van der Waals surface area contributed by atoms with Crippen molar-refractivity contribution in [3.05, 3.63) is 54.0 Å². The minimum absolute atomic E-state index is 0.00827. The van der Waals surface area contributed by atoms with E-state index in [1.807, 2.05) is 4.90 Å². The van der Waals surface area contributed by atoms with E-state index in [9.17, 15) is 4.79 Å². The van der Waals surface area contributed by atoms with E-state index in [4.69, 9.17) is 0 Å². The largest absolute Gasteiger partial charge is 0.369 e. The van der Waals surface area contributed by atoms with Crippen molar-refractivity contribution < 1.29 is 4.79 Å². The van der Waals surface area contributed by atoms with E-state index in [1.165, 1.54) is 5.56 Å². The SMILES string of the molecule is CC(C)CNc1cnc(C(=O)N2CCC(Cc3ccccc3)CC2)cn1. The first-order valence-corrected chi connectivity index (χ1v) is 9.51. The molecule has 5 nitrogen and oxygen atoms in total. The molecule has 138 valence electrons. The minimum atomic E-state index is -0.00827. The van der Waals surface area contributed by atoms with Crippen LogP contribution >= 0.6 is 0 Å². The van der Waals surface area contributed by atoms with E-state index in [0.717, 1.165) is 44.7 Å². The van der Waals surface area contributed by atoms with Crippen LogP contribution in [0.2, 0.25) is 0 Å². The zero-order valence-electron chi connectivity index (χ0n) is 15.7.